The van der Waals surface area contributed by atoms with E-state index in [0.29, 0.717) is 16.3 Å². The molecular weight excluding hydrogens is 406 g/mol. The second-order valence-electron chi connectivity index (χ2n) is 6.98. The van der Waals surface area contributed by atoms with E-state index >= 15 is 0 Å². The van der Waals surface area contributed by atoms with Gasteiger partial charge in [0.05, 0.1) is 0 Å². The van der Waals surface area contributed by atoms with Crippen LogP contribution in [0.3, 0.4) is 0 Å². The number of amides is 2. The molecule has 0 aliphatic carbocycles. The third-order valence-electron chi connectivity index (χ3n) is 4.94. The Morgan fingerprint density at radius 1 is 1.13 bits per heavy atom. The smallest absolute Gasteiger partial charge is 0.274 e. The number of nitrogens with one attached hydrogen (secondary N) is 2. The lowest BCUT2D eigenvalue weighted by Crippen LogP contribution is -2.52. The zero-order valence-corrected chi connectivity index (χ0v) is 17.2. The molecule has 7 nitrogen and oxygen atoms in total. The molecule has 3 N–H and O–H groups in total. The minimum absolute atomic E-state index is 0.0823. The Balaban J connectivity index is 1.61. The van der Waals surface area contributed by atoms with Gasteiger partial charge in [0.2, 0.25) is 0 Å². The van der Waals surface area contributed by atoms with Gasteiger partial charge in [0.15, 0.2) is 6.61 Å². The molecule has 1 heterocycles. The number of nitrogens with zero attached hydrogens (tertiary/aromatic N) is 1. The standard InChI is InChI=1S/C22H24ClN3O4/c1-15(22(28)25-29)16-5-9-18(10-6-16)26-13-3-2-4-20(26)24-21(27)14-30-19-11-7-17(23)8-12-19/h5-12,20,29H,1-4,13-14H2,(H,24,27)(H,25,28). The number of carbonyl (C=O) groups excluding carboxylic acids is 2. The maximum Gasteiger partial charge on any atom is 0.274 e. The van der Waals surface area contributed by atoms with Crippen molar-refractivity contribution in [3.8, 4) is 5.75 Å². The first-order valence-electron chi connectivity index (χ1n) is 9.66. The molecule has 0 saturated carbocycles. The van der Waals surface area contributed by atoms with Crippen molar-refractivity contribution in [3.05, 3.63) is 65.7 Å². The number of ether oxygens (including phenoxy) is 1. The fourth-order valence-electron chi connectivity index (χ4n) is 3.35. The lowest BCUT2D eigenvalue weighted by atomic mass is 10.0. The molecule has 0 spiro atoms. The van der Waals surface area contributed by atoms with E-state index in [1.165, 1.54) is 0 Å². The highest BCUT2D eigenvalue weighted by molar-refractivity contribution is 6.30. The van der Waals surface area contributed by atoms with Crippen LogP contribution in [0.15, 0.2) is 55.1 Å². The van der Waals surface area contributed by atoms with Crippen molar-refractivity contribution in [2.75, 3.05) is 18.1 Å². The van der Waals surface area contributed by atoms with Crippen molar-refractivity contribution in [2.45, 2.75) is 25.4 Å². The van der Waals surface area contributed by atoms with E-state index in [2.05, 4.69) is 16.8 Å². The molecule has 0 bridgehead atoms. The molecule has 0 radical (unpaired) electrons. The molecule has 30 heavy (non-hydrogen) atoms. The van der Waals surface area contributed by atoms with E-state index in [4.69, 9.17) is 21.5 Å². The molecule has 1 saturated heterocycles. The van der Waals surface area contributed by atoms with Gasteiger partial charge in [0.25, 0.3) is 11.8 Å². The van der Waals surface area contributed by atoms with Crippen molar-refractivity contribution >= 4 is 34.7 Å². The molecular formula is C22H24ClN3O4. The zero-order valence-electron chi connectivity index (χ0n) is 16.4. The highest BCUT2D eigenvalue weighted by Gasteiger charge is 2.24. The predicted molar refractivity (Wildman–Crippen MR) is 115 cm³/mol. The largest absolute Gasteiger partial charge is 0.484 e. The monoisotopic (exact) mass is 429 g/mol. The number of hydrogen-bond donors (Lipinski definition) is 3. The van der Waals surface area contributed by atoms with Gasteiger partial charge in [0, 0.05) is 22.8 Å². The third kappa shape index (κ3) is 5.52. The number of carbonyl (C=O) groups is 2. The van der Waals surface area contributed by atoms with Crippen LogP contribution in [-0.4, -0.2) is 36.3 Å². The van der Waals surface area contributed by atoms with E-state index in [1.807, 2.05) is 12.1 Å². The maximum atomic E-state index is 12.4. The Morgan fingerprint density at radius 2 is 1.83 bits per heavy atom. The number of hydroxylamine groups is 1. The Bertz CT molecular complexity index is 900. The summed E-state index contributed by atoms with van der Waals surface area (Å²) in [5, 5.41) is 12.4. The molecule has 158 valence electrons. The number of hydrogen-bond acceptors (Lipinski definition) is 5. The van der Waals surface area contributed by atoms with Crippen LogP contribution < -0.4 is 20.4 Å². The molecule has 1 atom stereocenters. The Labute approximate surface area is 180 Å². The van der Waals surface area contributed by atoms with Crippen molar-refractivity contribution < 1.29 is 19.5 Å². The Morgan fingerprint density at radius 3 is 2.50 bits per heavy atom. The van der Waals surface area contributed by atoms with Crippen LogP contribution in [-0.2, 0) is 9.59 Å². The van der Waals surface area contributed by atoms with Crippen LogP contribution in [0.2, 0.25) is 5.02 Å². The van der Waals surface area contributed by atoms with Gasteiger partial charge in [-0.05, 0) is 61.2 Å². The molecule has 1 aliphatic heterocycles. The van der Waals surface area contributed by atoms with Crippen molar-refractivity contribution in [3.63, 3.8) is 0 Å². The van der Waals surface area contributed by atoms with Gasteiger partial charge >= 0.3 is 0 Å². The minimum atomic E-state index is -0.647. The zero-order chi connectivity index (χ0) is 21.5. The number of halogens is 1. The Kier molecular flexibility index (Phi) is 7.32. The molecule has 3 rings (SSSR count). The summed E-state index contributed by atoms with van der Waals surface area (Å²) >= 11 is 5.85. The first kappa shape index (κ1) is 21.7. The van der Waals surface area contributed by atoms with Gasteiger partial charge in [-0.3, -0.25) is 14.8 Å². The molecule has 1 aliphatic rings. The summed E-state index contributed by atoms with van der Waals surface area (Å²) < 4.78 is 5.52. The topological polar surface area (TPSA) is 90.9 Å². The summed E-state index contributed by atoms with van der Waals surface area (Å²) in [6, 6.07) is 14.1. The molecule has 1 unspecified atom stereocenters. The molecule has 2 amide bonds. The van der Waals surface area contributed by atoms with E-state index in [1.54, 1.807) is 41.9 Å². The van der Waals surface area contributed by atoms with Gasteiger partial charge in [-0.1, -0.05) is 30.3 Å². The first-order valence-corrected chi connectivity index (χ1v) is 10.0. The highest BCUT2D eigenvalue weighted by Crippen LogP contribution is 2.25. The van der Waals surface area contributed by atoms with Gasteiger partial charge in [-0.15, -0.1) is 0 Å². The fourth-order valence-corrected chi connectivity index (χ4v) is 3.48. The van der Waals surface area contributed by atoms with E-state index < -0.39 is 5.91 Å². The number of anilines is 1. The molecule has 2 aromatic rings. The third-order valence-corrected chi connectivity index (χ3v) is 5.19. The molecule has 8 heteroatoms. The molecule has 1 fully saturated rings. The van der Waals surface area contributed by atoms with E-state index in [9.17, 15) is 9.59 Å². The number of benzene rings is 2. The van der Waals surface area contributed by atoms with Crippen LogP contribution in [0, 0.1) is 0 Å². The predicted octanol–water partition coefficient (Wildman–Crippen LogP) is 3.37. The number of piperidine rings is 1. The molecule has 2 aromatic carbocycles. The van der Waals surface area contributed by atoms with E-state index in [0.717, 1.165) is 31.5 Å². The van der Waals surface area contributed by atoms with Crippen molar-refractivity contribution in [1.82, 2.24) is 10.8 Å². The van der Waals surface area contributed by atoms with Crippen LogP contribution in [0.4, 0.5) is 5.69 Å². The summed E-state index contributed by atoms with van der Waals surface area (Å²) in [6.45, 7) is 4.40. The normalized spacial score (nSPS) is 15.9. The summed E-state index contributed by atoms with van der Waals surface area (Å²) in [6.07, 6.45) is 2.73. The van der Waals surface area contributed by atoms with Gasteiger partial charge in [-0.25, -0.2) is 5.48 Å². The highest BCUT2D eigenvalue weighted by atomic mass is 35.5. The van der Waals surface area contributed by atoms with Crippen LogP contribution in [0.1, 0.15) is 24.8 Å². The maximum absolute atomic E-state index is 12.4. The van der Waals surface area contributed by atoms with Crippen molar-refractivity contribution in [1.29, 1.82) is 0 Å². The van der Waals surface area contributed by atoms with Gasteiger partial charge < -0.3 is 15.0 Å². The average Bonchev–Trinajstić information content (AvgIpc) is 2.78. The molecule has 0 aromatic heterocycles. The quantitative estimate of drug-likeness (QED) is 0.356. The fraction of sp³-hybridized carbons (Fsp3) is 0.273. The number of rotatable bonds is 7. The second-order valence-corrected chi connectivity index (χ2v) is 7.42. The van der Waals surface area contributed by atoms with Crippen LogP contribution in [0.5, 0.6) is 5.75 Å². The minimum Gasteiger partial charge on any atom is -0.484 e. The van der Waals surface area contributed by atoms with Crippen LogP contribution in [0.25, 0.3) is 5.57 Å². The summed E-state index contributed by atoms with van der Waals surface area (Å²) in [5.74, 6) is -0.268. The lowest BCUT2D eigenvalue weighted by molar-refractivity contribution is -0.124. The second kappa shape index (κ2) is 10.1. The van der Waals surface area contributed by atoms with Crippen LogP contribution >= 0.6 is 11.6 Å². The summed E-state index contributed by atoms with van der Waals surface area (Å²) in [5.41, 5.74) is 3.30. The summed E-state index contributed by atoms with van der Waals surface area (Å²) in [7, 11) is 0. The average molecular weight is 430 g/mol. The Hall–Kier alpha value is -3.03. The first-order chi connectivity index (χ1) is 14.5. The van der Waals surface area contributed by atoms with E-state index in [-0.39, 0.29) is 24.3 Å². The summed E-state index contributed by atoms with van der Waals surface area (Å²) in [4.78, 5) is 26.1. The van der Waals surface area contributed by atoms with Gasteiger partial charge in [0.1, 0.15) is 11.9 Å². The SMILES string of the molecule is C=C(C(=O)NO)c1ccc(N2CCCCC2NC(=O)COc2ccc(Cl)cc2)cc1. The lowest BCUT2D eigenvalue weighted by Gasteiger charge is -2.38. The van der Waals surface area contributed by atoms with Crippen molar-refractivity contribution in [2.24, 2.45) is 0 Å². The van der Waals surface area contributed by atoms with Gasteiger partial charge in [-0.2, -0.15) is 0 Å².